The van der Waals surface area contributed by atoms with E-state index in [4.69, 9.17) is 5.26 Å². The Labute approximate surface area is 200 Å². The van der Waals surface area contributed by atoms with Gasteiger partial charge in [0.15, 0.2) is 0 Å². The number of aromatic nitrogens is 5. The maximum Gasteiger partial charge on any atom is 0.418 e. The SMILES string of the molecule is C[C@@H](c1nccnc1-c1ccc(C#N)cn1)N(C)c1ncnc2c(C(F)(F)F)cc(I)cc12. The minimum atomic E-state index is -4.55. The average Bonchev–Trinajstić information content (AvgIpc) is 2.81. The smallest absolute Gasteiger partial charge is 0.351 e. The van der Waals surface area contributed by atoms with Gasteiger partial charge in [0.05, 0.1) is 34.1 Å². The van der Waals surface area contributed by atoms with E-state index in [1.165, 1.54) is 18.6 Å². The van der Waals surface area contributed by atoms with Crippen LogP contribution in [-0.4, -0.2) is 32.0 Å². The second-order valence-electron chi connectivity index (χ2n) is 7.17. The van der Waals surface area contributed by atoms with Crippen molar-refractivity contribution in [2.45, 2.75) is 19.1 Å². The van der Waals surface area contributed by atoms with Gasteiger partial charge < -0.3 is 4.90 Å². The van der Waals surface area contributed by atoms with Crippen LogP contribution in [0.4, 0.5) is 19.0 Å². The van der Waals surface area contributed by atoms with E-state index < -0.39 is 17.8 Å². The van der Waals surface area contributed by atoms with Crippen LogP contribution in [0.5, 0.6) is 0 Å². The zero-order valence-electron chi connectivity index (χ0n) is 17.3. The number of anilines is 1. The first-order valence-electron chi connectivity index (χ1n) is 9.62. The van der Waals surface area contributed by atoms with Crippen molar-refractivity contribution in [2.24, 2.45) is 0 Å². The van der Waals surface area contributed by atoms with Gasteiger partial charge in [0.2, 0.25) is 0 Å². The van der Waals surface area contributed by atoms with E-state index in [1.54, 1.807) is 30.1 Å². The fourth-order valence-electron chi connectivity index (χ4n) is 3.44. The third-order valence-corrected chi connectivity index (χ3v) is 5.78. The van der Waals surface area contributed by atoms with Crippen molar-refractivity contribution in [1.29, 1.82) is 5.26 Å². The first-order chi connectivity index (χ1) is 15.7. The highest BCUT2D eigenvalue weighted by Crippen LogP contribution is 2.38. The number of fused-ring (bicyclic) bond motifs is 1. The Morgan fingerprint density at radius 3 is 2.48 bits per heavy atom. The van der Waals surface area contributed by atoms with Crippen molar-refractivity contribution in [2.75, 3.05) is 11.9 Å². The predicted octanol–water partition coefficient (Wildman–Crippen LogP) is 5.17. The van der Waals surface area contributed by atoms with Crippen LogP contribution in [0.1, 0.15) is 29.8 Å². The normalized spacial score (nSPS) is 12.4. The van der Waals surface area contributed by atoms with Crippen molar-refractivity contribution >= 4 is 39.3 Å². The summed E-state index contributed by atoms with van der Waals surface area (Å²) in [5.74, 6) is 0.334. The molecule has 1 aromatic carbocycles. The molecule has 0 aliphatic carbocycles. The van der Waals surface area contributed by atoms with Crippen LogP contribution in [-0.2, 0) is 6.18 Å². The second kappa shape index (κ2) is 8.86. The molecule has 0 aliphatic heterocycles. The second-order valence-corrected chi connectivity index (χ2v) is 8.41. The van der Waals surface area contributed by atoms with E-state index in [2.05, 4.69) is 24.9 Å². The molecule has 1 atom stereocenters. The average molecular weight is 561 g/mol. The van der Waals surface area contributed by atoms with Crippen LogP contribution in [0.25, 0.3) is 22.3 Å². The zero-order valence-corrected chi connectivity index (χ0v) is 19.5. The van der Waals surface area contributed by atoms with Gasteiger partial charge >= 0.3 is 6.18 Å². The molecular formula is C22H15F3IN7. The molecular weight excluding hydrogens is 546 g/mol. The molecule has 3 heterocycles. The van der Waals surface area contributed by atoms with Crippen LogP contribution in [0.15, 0.2) is 49.2 Å². The molecule has 11 heteroatoms. The highest BCUT2D eigenvalue weighted by molar-refractivity contribution is 14.1. The number of pyridine rings is 1. The molecule has 7 nitrogen and oxygen atoms in total. The summed E-state index contributed by atoms with van der Waals surface area (Å²) in [5, 5.41) is 9.29. The van der Waals surface area contributed by atoms with Crippen LogP contribution < -0.4 is 4.90 Å². The summed E-state index contributed by atoms with van der Waals surface area (Å²) >= 11 is 1.85. The largest absolute Gasteiger partial charge is 0.418 e. The molecule has 166 valence electrons. The topological polar surface area (TPSA) is 91.5 Å². The molecule has 0 saturated heterocycles. The zero-order chi connectivity index (χ0) is 23.8. The number of hydrogen-bond donors (Lipinski definition) is 0. The first kappa shape index (κ1) is 22.8. The van der Waals surface area contributed by atoms with Gasteiger partial charge in [-0.15, -0.1) is 0 Å². The third kappa shape index (κ3) is 4.43. The molecule has 0 spiro atoms. The summed E-state index contributed by atoms with van der Waals surface area (Å²) in [6.07, 6.45) is 1.09. The van der Waals surface area contributed by atoms with E-state index in [1.807, 2.05) is 35.6 Å². The minimum absolute atomic E-state index is 0.167. The Balaban J connectivity index is 1.81. The van der Waals surface area contributed by atoms with Crippen LogP contribution in [0.3, 0.4) is 0 Å². The van der Waals surface area contributed by atoms with E-state index in [-0.39, 0.29) is 10.9 Å². The third-order valence-electron chi connectivity index (χ3n) is 5.16. The number of nitrogens with zero attached hydrogens (tertiary/aromatic N) is 7. The van der Waals surface area contributed by atoms with Gasteiger partial charge in [0.1, 0.15) is 23.9 Å². The lowest BCUT2D eigenvalue weighted by atomic mass is 10.1. The highest BCUT2D eigenvalue weighted by Gasteiger charge is 2.34. The number of benzene rings is 1. The van der Waals surface area contributed by atoms with Crippen molar-refractivity contribution in [3.63, 3.8) is 0 Å². The van der Waals surface area contributed by atoms with E-state index in [9.17, 15) is 13.2 Å². The predicted molar refractivity (Wildman–Crippen MR) is 124 cm³/mol. The van der Waals surface area contributed by atoms with Gasteiger partial charge in [0.25, 0.3) is 0 Å². The standard InChI is InChI=1S/C22H15F3IN7/c1-12(18-20(29-6-5-28-18)17-4-3-13(9-27)10-30-17)33(2)21-15-7-14(26)8-16(22(23,24)25)19(15)31-11-32-21/h3-8,10-12H,1-2H3/t12-/m0/s1. The maximum absolute atomic E-state index is 13.6. The Kier molecular flexibility index (Phi) is 6.11. The Morgan fingerprint density at radius 2 is 1.82 bits per heavy atom. The lowest BCUT2D eigenvalue weighted by Gasteiger charge is -2.27. The molecule has 0 fully saturated rings. The molecule has 4 rings (SSSR count). The Hall–Kier alpha value is -3.40. The minimum Gasteiger partial charge on any atom is -0.351 e. The maximum atomic E-state index is 13.6. The van der Waals surface area contributed by atoms with Crippen LogP contribution in [0, 0.1) is 14.9 Å². The monoisotopic (exact) mass is 561 g/mol. The number of hydrogen-bond acceptors (Lipinski definition) is 7. The quantitative estimate of drug-likeness (QED) is 0.318. The van der Waals surface area contributed by atoms with Gasteiger partial charge in [-0.3, -0.25) is 15.0 Å². The summed E-state index contributed by atoms with van der Waals surface area (Å²) in [6.45, 7) is 1.85. The van der Waals surface area contributed by atoms with Crippen molar-refractivity contribution in [3.8, 4) is 17.5 Å². The molecule has 0 amide bonds. The molecule has 33 heavy (non-hydrogen) atoms. The summed E-state index contributed by atoms with van der Waals surface area (Å²) in [7, 11) is 1.73. The lowest BCUT2D eigenvalue weighted by Crippen LogP contribution is -2.25. The summed E-state index contributed by atoms with van der Waals surface area (Å²) in [4.78, 5) is 23.1. The van der Waals surface area contributed by atoms with E-state index in [0.29, 0.717) is 32.0 Å². The highest BCUT2D eigenvalue weighted by atomic mass is 127. The molecule has 0 saturated carbocycles. The summed E-state index contributed by atoms with van der Waals surface area (Å²) in [5.41, 5.74) is 1.03. The van der Waals surface area contributed by atoms with Crippen LogP contribution >= 0.6 is 22.6 Å². The van der Waals surface area contributed by atoms with Crippen molar-refractivity contribution in [1.82, 2.24) is 24.9 Å². The molecule has 0 N–H and O–H groups in total. The van der Waals surface area contributed by atoms with Gasteiger partial charge in [-0.2, -0.15) is 18.4 Å². The van der Waals surface area contributed by atoms with E-state index >= 15 is 0 Å². The molecule has 3 aromatic heterocycles. The molecule has 4 aromatic rings. The van der Waals surface area contributed by atoms with Gasteiger partial charge in [0, 0.05) is 34.6 Å². The van der Waals surface area contributed by atoms with E-state index in [0.717, 1.165) is 12.4 Å². The van der Waals surface area contributed by atoms with Gasteiger partial charge in [-0.25, -0.2) is 9.97 Å². The number of nitriles is 1. The Bertz CT molecular complexity index is 1370. The molecule has 0 bridgehead atoms. The van der Waals surface area contributed by atoms with Crippen LogP contribution in [0.2, 0.25) is 0 Å². The first-order valence-corrected chi connectivity index (χ1v) is 10.7. The number of rotatable bonds is 4. The molecule has 0 aliphatic rings. The summed E-state index contributed by atoms with van der Waals surface area (Å²) < 4.78 is 41.3. The number of halogens is 4. The van der Waals surface area contributed by atoms with Crippen molar-refractivity contribution in [3.05, 3.63) is 69.6 Å². The fraction of sp³-hybridized carbons (Fsp3) is 0.182. The van der Waals surface area contributed by atoms with Gasteiger partial charge in [-0.05, 0) is 53.8 Å². The molecule has 0 radical (unpaired) electrons. The van der Waals surface area contributed by atoms with Crippen molar-refractivity contribution < 1.29 is 13.2 Å². The Morgan fingerprint density at radius 1 is 1.06 bits per heavy atom. The lowest BCUT2D eigenvalue weighted by molar-refractivity contribution is -0.136. The summed E-state index contributed by atoms with van der Waals surface area (Å²) in [6, 6.07) is 7.61. The molecule has 0 unspecified atom stereocenters. The number of alkyl halides is 3. The fourth-order valence-corrected chi connectivity index (χ4v) is 4.06. The van der Waals surface area contributed by atoms with Gasteiger partial charge in [-0.1, -0.05) is 0 Å².